The van der Waals surface area contributed by atoms with Crippen LogP contribution < -0.4 is 11.1 Å². The van der Waals surface area contributed by atoms with Crippen LogP contribution in [0.2, 0.25) is 0 Å². The second-order valence-corrected chi connectivity index (χ2v) is 4.55. The zero-order valence-corrected chi connectivity index (χ0v) is 9.69. The first-order valence-corrected chi connectivity index (χ1v) is 5.92. The van der Waals surface area contributed by atoms with E-state index in [-0.39, 0.29) is 6.10 Å². The van der Waals surface area contributed by atoms with E-state index in [1.165, 1.54) is 0 Å². The van der Waals surface area contributed by atoms with Gasteiger partial charge in [-0.1, -0.05) is 6.42 Å². The molecule has 2 unspecified atom stereocenters. The average Bonchev–Trinajstić information content (AvgIpc) is 2.74. The molecule has 4 N–H and O–H groups in total. The fourth-order valence-corrected chi connectivity index (χ4v) is 2.28. The summed E-state index contributed by atoms with van der Waals surface area (Å²) in [4.78, 5) is 0. The molecule has 0 heterocycles. The van der Waals surface area contributed by atoms with Gasteiger partial charge in [-0.15, -0.1) is 0 Å². The largest absolute Gasteiger partial charge is 0.397 e. The van der Waals surface area contributed by atoms with Crippen molar-refractivity contribution in [3.8, 4) is 6.07 Å². The third kappa shape index (κ3) is 2.69. The summed E-state index contributed by atoms with van der Waals surface area (Å²) < 4.78 is 0. The summed E-state index contributed by atoms with van der Waals surface area (Å²) in [6, 6.07) is 7.26. The van der Waals surface area contributed by atoms with E-state index in [9.17, 15) is 5.11 Å². The molecule has 0 aromatic heterocycles. The number of benzene rings is 1. The molecular weight excluding hydrogens is 214 g/mol. The molecule has 17 heavy (non-hydrogen) atoms. The molecule has 0 radical (unpaired) electrons. The Kier molecular flexibility index (Phi) is 3.50. The van der Waals surface area contributed by atoms with Crippen LogP contribution in [0, 0.1) is 17.2 Å². The standard InChI is InChI=1S/C13H17N3O/c14-7-9-4-5-11(15)12(6-9)16-8-10-2-1-3-13(10)17/h4-6,10,13,16-17H,1-3,8,15H2. The molecule has 1 aliphatic rings. The molecule has 2 rings (SSSR count). The van der Waals surface area contributed by atoms with Crippen molar-refractivity contribution in [2.75, 3.05) is 17.6 Å². The van der Waals surface area contributed by atoms with Gasteiger partial charge in [-0.2, -0.15) is 5.26 Å². The predicted molar refractivity (Wildman–Crippen MR) is 67.4 cm³/mol. The van der Waals surface area contributed by atoms with Gasteiger partial charge in [-0.3, -0.25) is 0 Å². The number of aliphatic hydroxyl groups is 1. The second-order valence-electron chi connectivity index (χ2n) is 4.55. The molecular formula is C13H17N3O. The van der Waals surface area contributed by atoms with Crippen molar-refractivity contribution in [2.45, 2.75) is 25.4 Å². The summed E-state index contributed by atoms with van der Waals surface area (Å²) in [5, 5.41) is 21.8. The third-order valence-corrected chi connectivity index (χ3v) is 3.36. The number of nitrogen functional groups attached to an aromatic ring is 1. The number of nitrogens with zero attached hydrogens (tertiary/aromatic N) is 1. The number of hydrogen-bond acceptors (Lipinski definition) is 4. The molecule has 4 nitrogen and oxygen atoms in total. The van der Waals surface area contributed by atoms with Crippen LogP contribution in [0.4, 0.5) is 11.4 Å². The maximum absolute atomic E-state index is 9.71. The highest BCUT2D eigenvalue weighted by Crippen LogP contribution is 2.27. The molecule has 0 aliphatic heterocycles. The van der Waals surface area contributed by atoms with Crippen LogP contribution in [0.15, 0.2) is 18.2 Å². The molecule has 0 bridgehead atoms. The summed E-state index contributed by atoms with van der Waals surface area (Å²) in [6.07, 6.45) is 2.82. The molecule has 1 saturated carbocycles. The van der Waals surface area contributed by atoms with Crippen molar-refractivity contribution in [3.63, 3.8) is 0 Å². The van der Waals surface area contributed by atoms with Crippen LogP contribution >= 0.6 is 0 Å². The first-order valence-electron chi connectivity index (χ1n) is 5.92. The van der Waals surface area contributed by atoms with Crippen molar-refractivity contribution >= 4 is 11.4 Å². The fourth-order valence-electron chi connectivity index (χ4n) is 2.28. The number of anilines is 2. The van der Waals surface area contributed by atoms with E-state index in [0.29, 0.717) is 23.7 Å². The van der Waals surface area contributed by atoms with E-state index >= 15 is 0 Å². The van der Waals surface area contributed by atoms with E-state index < -0.39 is 0 Å². The van der Waals surface area contributed by atoms with Crippen molar-refractivity contribution in [3.05, 3.63) is 23.8 Å². The number of nitriles is 1. The molecule has 1 aromatic rings. The Morgan fingerprint density at radius 2 is 2.29 bits per heavy atom. The summed E-state index contributed by atoms with van der Waals surface area (Å²) in [5.74, 6) is 0.292. The second kappa shape index (κ2) is 5.07. The number of hydrogen-bond donors (Lipinski definition) is 3. The van der Waals surface area contributed by atoms with E-state index in [1.54, 1.807) is 18.2 Å². The maximum Gasteiger partial charge on any atom is 0.0992 e. The summed E-state index contributed by atoms with van der Waals surface area (Å²) in [5.41, 5.74) is 7.84. The van der Waals surface area contributed by atoms with Gasteiger partial charge in [0.2, 0.25) is 0 Å². The van der Waals surface area contributed by atoms with Gasteiger partial charge in [0, 0.05) is 12.5 Å². The van der Waals surface area contributed by atoms with Gasteiger partial charge in [-0.05, 0) is 31.0 Å². The number of nitrogens with one attached hydrogen (secondary N) is 1. The molecule has 1 fully saturated rings. The summed E-state index contributed by atoms with van der Waals surface area (Å²) >= 11 is 0. The fraction of sp³-hybridized carbons (Fsp3) is 0.462. The molecule has 90 valence electrons. The monoisotopic (exact) mass is 231 g/mol. The molecule has 0 amide bonds. The Morgan fingerprint density at radius 1 is 1.47 bits per heavy atom. The van der Waals surface area contributed by atoms with Crippen LogP contribution in [-0.4, -0.2) is 17.8 Å². The highest BCUT2D eigenvalue weighted by atomic mass is 16.3. The zero-order chi connectivity index (χ0) is 12.3. The lowest BCUT2D eigenvalue weighted by atomic mass is 10.1. The van der Waals surface area contributed by atoms with Gasteiger partial charge in [0.1, 0.15) is 0 Å². The summed E-state index contributed by atoms with van der Waals surface area (Å²) in [6.45, 7) is 0.709. The van der Waals surface area contributed by atoms with Gasteiger partial charge in [0.25, 0.3) is 0 Å². The van der Waals surface area contributed by atoms with E-state index in [4.69, 9.17) is 11.0 Å². The minimum absolute atomic E-state index is 0.206. The Bertz CT molecular complexity index is 439. The molecule has 0 spiro atoms. The maximum atomic E-state index is 9.71. The van der Waals surface area contributed by atoms with Gasteiger partial charge in [0.15, 0.2) is 0 Å². The first-order chi connectivity index (χ1) is 8.20. The molecule has 1 aliphatic carbocycles. The van der Waals surface area contributed by atoms with Crippen LogP contribution in [0.5, 0.6) is 0 Å². The zero-order valence-electron chi connectivity index (χ0n) is 9.69. The van der Waals surface area contributed by atoms with Crippen LogP contribution in [-0.2, 0) is 0 Å². The van der Waals surface area contributed by atoms with Crippen molar-refractivity contribution < 1.29 is 5.11 Å². The smallest absolute Gasteiger partial charge is 0.0992 e. The van der Waals surface area contributed by atoms with Crippen molar-refractivity contribution in [1.29, 1.82) is 5.26 Å². The Hall–Kier alpha value is -1.73. The quantitative estimate of drug-likeness (QED) is 0.692. The van der Waals surface area contributed by atoms with E-state index in [1.807, 2.05) is 0 Å². The lowest BCUT2D eigenvalue weighted by Crippen LogP contribution is -2.22. The van der Waals surface area contributed by atoms with Gasteiger partial charge >= 0.3 is 0 Å². The summed E-state index contributed by atoms with van der Waals surface area (Å²) in [7, 11) is 0. The first kappa shape index (κ1) is 11.7. The molecule has 0 saturated heterocycles. The third-order valence-electron chi connectivity index (χ3n) is 3.36. The highest BCUT2D eigenvalue weighted by molar-refractivity contribution is 5.68. The van der Waals surface area contributed by atoms with Gasteiger partial charge < -0.3 is 16.2 Å². The average molecular weight is 231 g/mol. The minimum Gasteiger partial charge on any atom is -0.397 e. The lowest BCUT2D eigenvalue weighted by molar-refractivity contribution is 0.138. The lowest BCUT2D eigenvalue weighted by Gasteiger charge is -2.17. The van der Waals surface area contributed by atoms with Crippen LogP contribution in [0.25, 0.3) is 0 Å². The highest BCUT2D eigenvalue weighted by Gasteiger charge is 2.24. The minimum atomic E-state index is -0.206. The van der Waals surface area contributed by atoms with Crippen molar-refractivity contribution in [1.82, 2.24) is 0 Å². The Morgan fingerprint density at radius 3 is 2.94 bits per heavy atom. The van der Waals surface area contributed by atoms with E-state index in [0.717, 1.165) is 24.9 Å². The van der Waals surface area contributed by atoms with Gasteiger partial charge in [0.05, 0.1) is 29.1 Å². The SMILES string of the molecule is N#Cc1ccc(N)c(NCC2CCCC2O)c1. The van der Waals surface area contributed by atoms with Gasteiger partial charge in [-0.25, -0.2) is 0 Å². The molecule has 2 atom stereocenters. The topological polar surface area (TPSA) is 82.1 Å². The molecule has 1 aromatic carbocycles. The molecule has 4 heteroatoms. The number of nitrogens with two attached hydrogens (primary N) is 1. The Labute approximate surface area is 101 Å². The van der Waals surface area contributed by atoms with Crippen molar-refractivity contribution in [2.24, 2.45) is 5.92 Å². The predicted octanol–water partition coefficient (Wildman–Crippen LogP) is 1.71. The van der Waals surface area contributed by atoms with E-state index in [2.05, 4.69) is 11.4 Å². The van der Waals surface area contributed by atoms with Crippen LogP contribution in [0.3, 0.4) is 0 Å². The van der Waals surface area contributed by atoms with Crippen LogP contribution in [0.1, 0.15) is 24.8 Å². The number of rotatable bonds is 3. The normalized spacial score (nSPS) is 23.3. The number of aliphatic hydroxyl groups excluding tert-OH is 1. The Balaban J connectivity index is 2.01.